The zero-order valence-electron chi connectivity index (χ0n) is 24.9. The van der Waals surface area contributed by atoms with Gasteiger partial charge in [-0.3, -0.25) is 19.4 Å². The SMILES string of the molecule is CCCC(c1ccc(C(=O)NCCC(=O)O)cc1)C(C(=O)N1Cc2ccc(-c3ccnc(C)c3)cc2C1)c1ccc(Cl)cc1. The molecule has 226 valence electrons. The molecule has 44 heavy (non-hydrogen) atoms. The third-order valence-corrected chi connectivity index (χ3v) is 8.44. The number of carboxylic acid groups (broad SMARTS) is 1. The normalized spacial score (nSPS) is 13.7. The van der Waals surface area contributed by atoms with Crippen LogP contribution in [0, 0.1) is 6.92 Å². The minimum Gasteiger partial charge on any atom is -0.481 e. The van der Waals surface area contributed by atoms with Gasteiger partial charge in [0.15, 0.2) is 0 Å². The Morgan fingerprint density at radius 1 is 0.909 bits per heavy atom. The number of aryl methyl sites for hydroxylation is 1. The summed E-state index contributed by atoms with van der Waals surface area (Å²) in [5.41, 5.74) is 7.77. The van der Waals surface area contributed by atoms with Crippen LogP contribution < -0.4 is 5.32 Å². The standard InChI is InChI=1S/C36H36ClN3O4/c1-3-4-32(24-5-7-26(8-6-24)35(43)39-18-16-33(41)42)34(25-11-13-31(37)14-12-25)36(44)40-21-29-10-9-27(20-30(29)22-40)28-15-17-38-23(2)19-28/h5-15,17,19-20,32,34H,3-4,16,18,21-22H2,1-2H3,(H,39,43)(H,41,42). The number of fused-ring (bicyclic) bond motifs is 1. The second-order valence-corrected chi connectivity index (χ2v) is 11.7. The summed E-state index contributed by atoms with van der Waals surface area (Å²) in [6.45, 7) is 5.22. The van der Waals surface area contributed by atoms with Gasteiger partial charge in [0.2, 0.25) is 5.91 Å². The molecule has 3 aromatic carbocycles. The van der Waals surface area contributed by atoms with Crippen molar-refractivity contribution in [2.24, 2.45) is 0 Å². The molecular weight excluding hydrogens is 574 g/mol. The van der Waals surface area contributed by atoms with Gasteiger partial charge in [-0.05, 0) is 95.1 Å². The van der Waals surface area contributed by atoms with Crippen molar-refractivity contribution in [3.8, 4) is 11.1 Å². The van der Waals surface area contributed by atoms with E-state index in [0.717, 1.165) is 51.9 Å². The topological polar surface area (TPSA) is 99.6 Å². The molecule has 7 nitrogen and oxygen atoms in total. The molecule has 0 fully saturated rings. The van der Waals surface area contributed by atoms with Crippen molar-refractivity contribution in [3.05, 3.63) is 124 Å². The average molecular weight is 610 g/mol. The first-order chi connectivity index (χ1) is 21.2. The monoisotopic (exact) mass is 609 g/mol. The van der Waals surface area contributed by atoms with Crippen molar-refractivity contribution < 1.29 is 19.5 Å². The highest BCUT2D eigenvalue weighted by atomic mass is 35.5. The Kier molecular flexibility index (Phi) is 9.75. The number of hydrogen-bond acceptors (Lipinski definition) is 4. The summed E-state index contributed by atoms with van der Waals surface area (Å²) in [5, 5.41) is 12.1. The van der Waals surface area contributed by atoms with Gasteiger partial charge in [0.1, 0.15) is 0 Å². The molecule has 0 spiro atoms. The number of hydrogen-bond donors (Lipinski definition) is 2. The number of aliphatic carboxylic acids is 1. The van der Waals surface area contributed by atoms with Gasteiger partial charge in [0, 0.05) is 42.1 Å². The Labute approximate surface area is 262 Å². The first-order valence-electron chi connectivity index (χ1n) is 14.9. The molecule has 2 atom stereocenters. The molecule has 2 heterocycles. The summed E-state index contributed by atoms with van der Waals surface area (Å²) in [6, 6.07) is 25.3. The van der Waals surface area contributed by atoms with Gasteiger partial charge in [-0.2, -0.15) is 0 Å². The van der Waals surface area contributed by atoms with Crippen molar-refractivity contribution in [2.45, 2.75) is 58.0 Å². The minimum atomic E-state index is -0.966. The summed E-state index contributed by atoms with van der Waals surface area (Å²) in [4.78, 5) is 44.1. The van der Waals surface area contributed by atoms with Gasteiger partial charge < -0.3 is 15.3 Å². The lowest BCUT2D eigenvalue weighted by atomic mass is 9.77. The van der Waals surface area contributed by atoms with Gasteiger partial charge in [0.25, 0.3) is 5.91 Å². The van der Waals surface area contributed by atoms with Crippen molar-refractivity contribution in [1.82, 2.24) is 15.2 Å². The maximum Gasteiger partial charge on any atom is 0.305 e. The number of carbonyl (C=O) groups is 3. The molecule has 5 rings (SSSR count). The molecule has 1 aromatic heterocycles. The van der Waals surface area contributed by atoms with E-state index in [9.17, 15) is 14.4 Å². The van der Waals surface area contributed by atoms with E-state index in [0.29, 0.717) is 23.7 Å². The number of aromatic nitrogens is 1. The average Bonchev–Trinajstić information content (AvgIpc) is 3.45. The Bertz CT molecular complexity index is 1650. The maximum atomic E-state index is 14.5. The summed E-state index contributed by atoms with van der Waals surface area (Å²) >= 11 is 6.25. The number of nitrogens with zero attached hydrogens (tertiary/aromatic N) is 2. The van der Waals surface area contributed by atoms with E-state index in [1.807, 2.05) is 60.5 Å². The molecule has 0 radical (unpaired) electrons. The van der Waals surface area contributed by atoms with E-state index in [2.05, 4.69) is 41.5 Å². The Morgan fingerprint density at radius 3 is 2.27 bits per heavy atom. The molecule has 0 aliphatic carbocycles. The summed E-state index contributed by atoms with van der Waals surface area (Å²) in [6.07, 6.45) is 3.32. The summed E-state index contributed by atoms with van der Waals surface area (Å²) in [5.74, 6) is -1.81. The number of benzene rings is 3. The zero-order chi connectivity index (χ0) is 31.2. The Balaban J connectivity index is 1.42. The van der Waals surface area contributed by atoms with Gasteiger partial charge in [0.05, 0.1) is 12.3 Å². The molecule has 2 unspecified atom stereocenters. The van der Waals surface area contributed by atoms with E-state index in [1.165, 1.54) is 0 Å². The van der Waals surface area contributed by atoms with Crippen LogP contribution in [0.5, 0.6) is 0 Å². The van der Waals surface area contributed by atoms with Crippen LogP contribution in [-0.2, 0) is 22.7 Å². The maximum absolute atomic E-state index is 14.5. The van der Waals surface area contributed by atoms with E-state index in [4.69, 9.17) is 16.7 Å². The van der Waals surface area contributed by atoms with Crippen LogP contribution in [0.4, 0.5) is 0 Å². The van der Waals surface area contributed by atoms with Crippen LogP contribution in [0.3, 0.4) is 0 Å². The lowest BCUT2D eigenvalue weighted by Gasteiger charge is -2.31. The lowest BCUT2D eigenvalue weighted by molar-refractivity contribution is -0.137. The fourth-order valence-electron chi connectivity index (χ4n) is 5.97. The van der Waals surface area contributed by atoms with E-state index in [-0.39, 0.29) is 30.7 Å². The van der Waals surface area contributed by atoms with Crippen LogP contribution in [-0.4, -0.2) is 39.3 Å². The molecule has 8 heteroatoms. The highest BCUT2D eigenvalue weighted by Gasteiger charge is 2.36. The number of nitrogens with one attached hydrogen (secondary N) is 1. The second kappa shape index (κ2) is 13.9. The van der Waals surface area contributed by atoms with Gasteiger partial charge in [-0.15, -0.1) is 0 Å². The van der Waals surface area contributed by atoms with E-state index in [1.54, 1.807) is 12.1 Å². The lowest BCUT2D eigenvalue weighted by Crippen LogP contribution is -2.34. The van der Waals surface area contributed by atoms with E-state index < -0.39 is 11.9 Å². The number of carbonyl (C=O) groups excluding carboxylic acids is 2. The summed E-state index contributed by atoms with van der Waals surface area (Å²) < 4.78 is 0. The number of amides is 2. The van der Waals surface area contributed by atoms with E-state index >= 15 is 0 Å². The van der Waals surface area contributed by atoms with Crippen LogP contribution in [0.25, 0.3) is 11.1 Å². The second-order valence-electron chi connectivity index (χ2n) is 11.3. The molecule has 0 saturated heterocycles. The Hall–Kier alpha value is -4.49. The molecule has 4 aromatic rings. The highest BCUT2D eigenvalue weighted by molar-refractivity contribution is 6.30. The zero-order valence-corrected chi connectivity index (χ0v) is 25.7. The molecule has 1 aliphatic heterocycles. The van der Waals surface area contributed by atoms with Crippen molar-refractivity contribution in [2.75, 3.05) is 6.54 Å². The molecule has 2 amide bonds. The largest absolute Gasteiger partial charge is 0.481 e. The predicted molar refractivity (Wildman–Crippen MR) is 172 cm³/mol. The van der Waals surface area contributed by atoms with Gasteiger partial charge >= 0.3 is 5.97 Å². The van der Waals surface area contributed by atoms with Crippen LogP contribution in [0.1, 0.15) is 76.3 Å². The van der Waals surface area contributed by atoms with Crippen molar-refractivity contribution in [3.63, 3.8) is 0 Å². The number of rotatable bonds is 11. The molecule has 0 saturated carbocycles. The summed E-state index contributed by atoms with van der Waals surface area (Å²) in [7, 11) is 0. The van der Waals surface area contributed by atoms with Gasteiger partial charge in [-0.1, -0.05) is 61.3 Å². The Morgan fingerprint density at radius 2 is 1.59 bits per heavy atom. The smallest absolute Gasteiger partial charge is 0.305 e. The van der Waals surface area contributed by atoms with Crippen LogP contribution >= 0.6 is 11.6 Å². The van der Waals surface area contributed by atoms with Crippen LogP contribution in [0.15, 0.2) is 85.1 Å². The first kappa shape index (κ1) is 31.0. The first-order valence-corrected chi connectivity index (χ1v) is 15.3. The minimum absolute atomic E-state index is 0.0544. The van der Waals surface area contributed by atoms with Crippen molar-refractivity contribution in [1.29, 1.82) is 0 Å². The molecule has 2 N–H and O–H groups in total. The van der Waals surface area contributed by atoms with Gasteiger partial charge in [-0.25, -0.2) is 0 Å². The van der Waals surface area contributed by atoms with Crippen molar-refractivity contribution >= 4 is 29.4 Å². The number of pyridine rings is 1. The fraction of sp³-hybridized carbons (Fsp3) is 0.278. The predicted octanol–water partition coefficient (Wildman–Crippen LogP) is 7.12. The molecule has 1 aliphatic rings. The fourth-order valence-corrected chi connectivity index (χ4v) is 6.10. The third-order valence-electron chi connectivity index (χ3n) is 8.19. The quantitative estimate of drug-likeness (QED) is 0.188. The van der Waals surface area contributed by atoms with Crippen LogP contribution in [0.2, 0.25) is 5.02 Å². The highest BCUT2D eigenvalue weighted by Crippen LogP contribution is 2.40. The third kappa shape index (κ3) is 7.17. The molecular formula is C36H36ClN3O4. The number of carboxylic acids is 1. The molecule has 0 bridgehead atoms. The number of halogens is 1.